The van der Waals surface area contributed by atoms with Crippen molar-refractivity contribution in [3.8, 4) is 0 Å². The predicted molar refractivity (Wildman–Crippen MR) is 57.1 cm³/mol. The average Bonchev–Trinajstić information content (AvgIpc) is 2.93. The van der Waals surface area contributed by atoms with Gasteiger partial charge in [-0.25, -0.2) is 9.50 Å². The zero-order valence-corrected chi connectivity index (χ0v) is 9.03. The van der Waals surface area contributed by atoms with Crippen molar-refractivity contribution in [1.82, 2.24) is 14.6 Å². The third-order valence-electron chi connectivity index (χ3n) is 2.42. The molecule has 1 fully saturated rings. The fourth-order valence-electron chi connectivity index (χ4n) is 1.56. The van der Waals surface area contributed by atoms with Gasteiger partial charge in [-0.3, -0.25) is 0 Å². The summed E-state index contributed by atoms with van der Waals surface area (Å²) < 4.78 is 2.76. The van der Waals surface area contributed by atoms with E-state index in [2.05, 4.69) is 26.0 Å². The molecule has 0 aromatic carbocycles. The molecule has 0 amide bonds. The molecule has 0 unspecified atom stereocenters. The van der Waals surface area contributed by atoms with Gasteiger partial charge >= 0.3 is 0 Å². The van der Waals surface area contributed by atoms with Gasteiger partial charge in [0.1, 0.15) is 0 Å². The lowest BCUT2D eigenvalue weighted by atomic mass is 10.3. The van der Waals surface area contributed by atoms with Crippen LogP contribution in [0.2, 0.25) is 0 Å². The van der Waals surface area contributed by atoms with Crippen LogP contribution < -0.4 is 5.73 Å². The standard InChI is InChI=1S/C9H9BrN4/c10-7-8(5-1-2-5)13-14-4-6(11)3-12-9(7)14/h3-5H,1-2,11H2. The highest BCUT2D eigenvalue weighted by Gasteiger charge is 2.29. The molecular weight excluding hydrogens is 244 g/mol. The van der Waals surface area contributed by atoms with E-state index in [4.69, 9.17) is 5.73 Å². The third-order valence-corrected chi connectivity index (χ3v) is 3.19. The summed E-state index contributed by atoms with van der Waals surface area (Å²) in [7, 11) is 0. The summed E-state index contributed by atoms with van der Waals surface area (Å²) in [5.41, 5.74) is 8.23. The Hall–Kier alpha value is -1.10. The number of rotatable bonds is 1. The van der Waals surface area contributed by atoms with E-state index >= 15 is 0 Å². The van der Waals surface area contributed by atoms with Gasteiger partial charge in [0, 0.05) is 5.92 Å². The van der Waals surface area contributed by atoms with E-state index in [9.17, 15) is 0 Å². The molecule has 3 rings (SSSR count). The molecule has 5 heteroatoms. The Labute approximate surface area is 89.3 Å². The summed E-state index contributed by atoms with van der Waals surface area (Å²) in [5.74, 6) is 0.618. The number of nitrogens with two attached hydrogens (primary N) is 1. The van der Waals surface area contributed by atoms with Gasteiger partial charge in [0.25, 0.3) is 0 Å². The van der Waals surface area contributed by atoms with Crippen molar-refractivity contribution in [2.45, 2.75) is 18.8 Å². The van der Waals surface area contributed by atoms with Crippen molar-refractivity contribution in [2.24, 2.45) is 0 Å². The molecule has 2 aromatic rings. The summed E-state index contributed by atoms with van der Waals surface area (Å²) in [5, 5.41) is 4.46. The lowest BCUT2D eigenvalue weighted by molar-refractivity contribution is 0.882. The van der Waals surface area contributed by atoms with E-state index in [0.29, 0.717) is 11.6 Å². The lowest BCUT2D eigenvalue weighted by Gasteiger charge is -1.93. The minimum atomic E-state index is 0.618. The van der Waals surface area contributed by atoms with E-state index in [1.165, 1.54) is 12.8 Å². The minimum absolute atomic E-state index is 0.618. The van der Waals surface area contributed by atoms with Gasteiger partial charge < -0.3 is 5.73 Å². The maximum absolute atomic E-state index is 5.64. The number of aromatic nitrogens is 3. The predicted octanol–water partition coefficient (Wildman–Crippen LogP) is 1.95. The molecule has 2 N–H and O–H groups in total. The number of hydrogen-bond acceptors (Lipinski definition) is 3. The van der Waals surface area contributed by atoms with Crippen LogP contribution >= 0.6 is 15.9 Å². The van der Waals surface area contributed by atoms with Crippen LogP contribution in [0.1, 0.15) is 24.5 Å². The molecule has 2 aromatic heterocycles. The molecule has 2 heterocycles. The van der Waals surface area contributed by atoms with Crippen molar-refractivity contribution in [3.63, 3.8) is 0 Å². The van der Waals surface area contributed by atoms with Crippen molar-refractivity contribution < 1.29 is 0 Å². The Morgan fingerprint density at radius 3 is 3.00 bits per heavy atom. The molecule has 0 aliphatic heterocycles. The van der Waals surface area contributed by atoms with Gasteiger partial charge in [-0.05, 0) is 28.8 Å². The smallest absolute Gasteiger partial charge is 0.169 e. The second-order valence-electron chi connectivity index (χ2n) is 3.63. The zero-order valence-electron chi connectivity index (χ0n) is 7.44. The highest BCUT2D eigenvalue weighted by Crippen LogP contribution is 2.43. The van der Waals surface area contributed by atoms with Crippen molar-refractivity contribution in [1.29, 1.82) is 0 Å². The second-order valence-corrected chi connectivity index (χ2v) is 4.42. The fraction of sp³-hybridized carbons (Fsp3) is 0.333. The molecule has 72 valence electrons. The third kappa shape index (κ3) is 1.12. The number of nitrogens with zero attached hydrogens (tertiary/aromatic N) is 3. The summed E-state index contributed by atoms with van der Waals surface area (Å²) in [6.07, 6.45) is 5.91. The number of halogens is 1. The monoisotopic (exact) mass is 252 g/mol. The number of anilines is 1. The topological polar surface area (TPSA) is 56.2 Å². The van der Waals surface area contributed by atoms with Gasteiger partial charge in [0.15, 0.2) is 5.65 Å². The maximum atomic E-state index is 5.64. The number of fused-ring (bicyclic) bond motifs is 1. The van der Waals surface area contributed by atoms with E-state index < -0.39 is 0 Å². The molecular formula is C9H9BrN4. The average molecular weight is 253 g/mol. The molecule has 0 bridgehead atoms. The molecule has 1 aliphatic rings. The molecule has 1 aliphatic carbocycles. The minimum Gasteiger partial charge on any atom is -0.396 e. The first-order valence-electron chi connectivity index (χ1n) is 4.55. The quantitative estimate of drug-likeness (QED) is 0.845. The molecule has 4 nitrogen and oxygen atoms in total. The largest absolute Gasteiger partial charge is 0.396 e. The van der Waals surface area contributed by atoms with E-state index in [1.54, 1.807) is 16.9 Å². The van der Waals surface area contributed by atoms with Crippen molar-refractivity contribution >= 4 is 27.3 Å². The van der Waals surface area contributed by atoms with Crippen LogP contribution in [0.25, 0.3) is 5.65 Å². The Morgan fingerprint density at radius 1 is 1.50 bits per heavy atom. The Morgan fingerprint density at radius 2 is 2.29 bits per heavy atom. The molecule has 0 atom stereocenters. The Kier molecular flexibility index (Phi) is 1.58. The highest BCUT2D eigenvalue weighted by atomic mass is 79.9. The summed E-state index contributed by atoms with van der Waals surface area (Å²) in [4.78, 5) is 4.24. The van der Waals surface area contributed by atoms with E-state index in [-0.39, 0.29) is 0 Å². The summed E-state index contributed by atoms with van der Waals surface area (Å²) in [6, 6.07) is 0. The molecule has 14 heavy (non-hydrogen) atoms. The van der Waals surface area contributed by atoms with Gasteiger partial charge in [-0.15, -0.1) is 0 Å². The second kappa shape index (κ2) is 2.70. The number of nitrogen functional groups attached to an aromatic ring is 1. The first kappa shape index (κ1) is 8.23. The first-order chi connectivity index (χ1) is 6.75. The van der Waals surface area contributed by atoms with Crippen LogP contribution in [0.15, 0.2) is 16.9 Å². The van der Waals surface area contributed by atoms with Gasteiger partial charge in [-0.1, -0.05) is 0 Å². The van der Waals surface area contributed by atoms with E-state index in [1.807, 2.05) is 0 Å². The number of hydrogen-bond donors (Lipinski definition) is 1. The Bertz CT molecular complexity index is 501. The normalized spacial score (nSPS) is 16.4. The van der Waals surface area contributed by atoms with Crippen LogP contribution in [0.5, 0.6) is 0 Å². The van der Waals surface area contributed by atoms with Crippen LogP contribution in [-0.4, -0.2) is 14.6 Å². The van der Waals surface area contributed by atoms with Crippen LogP contribution in [0.3, 0.4) is 0 Å². The maximum Gasteiger partial charge on any atom is 0.169 e. The molecule has 0 radical (unpaired) electrons. The fourth-order valence-corrected chi connectivity index (χ4v) is 2.24. The van der Waals surface area contributed by atoms with Crippen LogP contribution in [0.4, 0.5) is 5.69 Å². The zero-order chi connectivity index (χ0) is 9.71. The highest BCUT2D eigenvalue weighted by molar-refractivity contribution is 9.10. The Balaban J connectivity index is 2.28. The van der Waals surface area contributed by atoms with Crippen LogP contribution in [-0.2, 0) is 0 Å². The van der Waals surface area contributed by atoms with Gasteiger partial charge in [0.05, 0.1) is 28.2 Å². The summed E-state index contributed by atoms with van der Waals surface area (Å²) in [6.45, 7) is 0. The SMILES string of the molecule is Nc1cnc2c(Br)c(C3CC3)nn2c1. The lowest BCUT2D eigenvalue weighted by Crippen LogP contribution is -1.94. The first-order valence-corrected chi connectivity index (χ1v) is 5.34. The molecule has 0 spiro atoms. The van der Waals surface area contributed by atoms with E-state index in [0.717, 1.165) is 15.8 Å². The summed E-state index contributed by atoms with van der Waals surface area (Å²) >= 11 is 3.53. The van der Waals surface area contributed by atoms with Crippen molar-refractivity contribution in [2.75, 3.05) is 5.73 Å². The van der Waals surface area contributed by atoms with Gasteiger partial charge in [-0.2, -0.15) is 5.10 Å². The van der Waals surface area contributed by atoms with Gasteiger partial charge in [0.2, 0.25) is 0 Å². The molecule has 1 saturated carbocycles. The molecule has 0 saturated heterocycles. The van der Waals surface area contributed by atoms with Crippen molar-refractivity contribution in [3.05, 3.63) is 22.6 Å². The van der Waals surface area contributed by atoms with Crippen LogP contribution in [0, 0.1) is 0 Å².